The molecule has 0 unspecified atom stereocenters. The van der Waals surface area contributed by atoms with Crippen molar-refractivity contribution in [2.24, 2.45) is 0 Å². The lowest BCUT2D eigenvalue weighted by atomic mass is 10.2. The highest BCUT2D eigenvalue weighted by Crippen LogP contribution is 2.24. The standard InChI is InChI=1S/C16H19N5O3S/c1-4-12-14-15(17-13(5-2)18-16(14)24-20-12)19-21-25(22,23)11-8-6-10(3)7-9-11/h6-9,21H,4-5H2,1-3H3,(H,17,18,19). The van der Waals surface area contributed by atoms with Gasteiger partial charge in [-0.15, -0.1) is 4.83 Å². The molecule has 3 rings (SSSR count). The van der Waals surface area contributed by atoms with Gasteiger partial charge in [0, 0.05) is 6.42 Å². The Balaban J connectivity index is 1.94. The topological polar surface area (TPSA) is 110 Å². The normalized spacial score (nSPS) is 11.8. The van der Waals surface area contributed by atoms with Crippen LogP contribution in [0.25, 0.3) is 11.1 Å². The number of hydrogen-bond donors (Lipinski definition) is 2. The number of aryl methyl sites for hydroxylation is 3. The summed E-state index contributed by atoms with van der Waals surface area (Å²) in [5, 5.41) is 4.54. The van der Waals surface area contributed by atoms with Crippen LogP contribution in [0.2, 0.25) is 0 Å². The van der Waals surface area contributed by atoms with Crippen LogP contribution in [-0.2, 0) is 22.9 Å². The van der Waals surface area contributed by atoms with Gasteiger partial charge in [0.05, 0.1) is 10.6 Å². The first kappa shape index (κ1) is 17.3. The third-order valence-corrected chi connectivity index (χ3v) is 5.00. The predicted octanol–water partition coefficient (Wildman–Crippen LogP) is 2.36. The molecule has 0 aliphatic heterocycles. The largest absolute Gasteiger partial charge is 0.335 e. The van der Waals surface area contributed by atoms with E-state index in [1.165, 1.54) is 0 Å². The fraction of sp³-hybridized carbons (Fsp3) is 0.312. The van der Waals surface area contributed by atoms with Gasteiger partial charge in [-0.25, -0.2) is 13.4 Å². The second kappa shape index (κ2) is 6.77. The van der Waals surface area contributed by atoms with Gasteiger partial charge in [-0.2, -0.15) is 4.98 Å². The summed E-state index contributed by atoms with van der Waals surface area (Å²) in [4.78, 5) is 11.2. The number of nitrogens with zero attached hydrogens (tertiary/aromatic N) is 3. The van der Waals surface area contributed by atoms with Gasteiger partial charge >= 0.3 is 0 Å². The van der Waals surface area contributed by atoms with Gasteiger partial charge in [0.2, 0.25) is 0 Å². The highest BCUT2D eigenvalue weighted by atomic mass is 32.2. The Hall–Kier alpha value is -2.52. The van der Waals surface area contributed by atoms with E-state index >= 15 is 0 Å². The molecular formula is C16H19N5O3S. The molecule has 0 amide bonds. The molecule has 0 saturated heterocycles. The van der Waals surface area contributed by atoms with Crippen LogP contribution in [0.5, 0.6) is 0 Å². The van der Waals surface area contributed by atoms with Crippen LogP contribution in [0.3, 0.4) is 0 Å². The molecule has 0 aliphatic rings. The fourth-order valence-corrected chi connectivity index (χ4v) is 3.18. The van der Waals surface area contributed by atoms with E-state index in [0.717, 1.165) is 5.56 Å². The molecule has 0 fully saturated rings. The Morgan fingerprint density at radius 1 is 1.08 bits per heavy atom. The van der Waals surface area contributed by atoms with E-state index in [2.05, 4.69) is 25.4 Å². The lowest BCUT2D eigenvalue weighted by molar-refractivity contribution is 0.439. The van der Waals surface area contributed by atoms with Crippen LogP contribution < -0.4 is 10.3 Å². The molecule has 8 nitrogen and oxygen atoms in total. The Bertz CT molecular complexity index is 997. The quantitative estimate of drug-likeness (QED) is 0.648. The number of fused-ring (bicyclic) bond motifs is 1. The molecule has 1 aromatic carbocycles. The van der Waals surface area contributed by atoms with Gasteiger partial charge < -0.3 is 4.52 Å². The maximum atomic E-state index is 12.4. The molecule has 132 valence electrons. The molecule has 0 atom stereocenters. The third-order valence-electron chi connectivity index (χ3n) is 3.74. The smallest absolute Gasteiger partial charge is 0.263 e. The number of nitrogens with one attached hydrogen (secondary N) is 2. The fourth-order valence-electron chi connectivity index (χ4n) is 2.34. The van der Waals surface area contributed by atoms with Crippen molar-refractivity contribution in [3.63, 3.8) is 0 Å². The molecule has 3 aromatic rings. The van der Waals surface area contributed by atoms with Gasteiger partial charge in [0.25, 0.3) is 15.7 Å². The van der Waals surface area contributed by atoms with E-state index in [1.807, 2.05) is 20.8 Å². The summed E-state index contributed by atoms with van der Waals surface area (Å²) in [6.45, 7) is 5.72. The van der Waals surface area contributed by atoms with E-state index < -0.39 is 10.0 Å². The summed E-state index contributed by atoms with van der Waals surface area (Å²) in [5.41, 5.74) is 4.66. The molecule has 2 N–H and O–H groups in total. The van der Waals surface area contributed by atoms with Crippen molar-refractivity contribution in [2.45, 2.75) is 38.5 Å². The van der Waals surface area contributed by atoms with E-state index in [0.29, 0.717) is 41.3 Å². The van der Waals surface area contributed by atoms with Crippen LogP contribution in [0.1, 0.15) is 30.9 Å². The molecule has 0 saturated carbocycles. The third kappa shape index (κ3) is 3.47. The van der Waals surface area contributed by atoms with E-state index in [4.69, 9.17) is 4.52 Å². The average molecular weight is 361 g/mol. The highest BCUT2D eigenvalue weighted by Gasteiger charge is 2.19. The van der Waals surface area contributed by atoms with Gasteiger partial charge in [-0.05, 0) is 25.5 Å². The first-order valence-corrected chi connectivity index (χ1v) is 9.42. The summed E-state index contributed by atoms with van der Waals surface area (Å²) < 4.78 is 30.1. The second-order valence-corrected chi connectivity index (χ2v) is 7.23. The zero-order valence-corrected chi connectivity index (χ0v) is 15.0. The second-order valence-electron chi connectivity index (χ2n) is 5.55. The first-order valence-electron chi connectivity index (χ1n) is 7.94. The predicted molar refractivity (Wildman–Crippen MR) is 93.5 cm³/mol. The van der Waals surface area contributed by atoms with Crippen molar-refractivity contribution in [3.05, 3.63) is 41.3 Å². The highest BCUT2D eigenvalue weighted by molar-refractivity contribution is 7.89. The summed E-state index contributed by atoms with van der Waals surface area (Å²) >= 11 is 0. The molecule has 2 heterocycles. The lowest BCUT2D eigenvalue weighted by Gasteiger charge is -2.10. The number of anilines is 1. The summed E-state index contributed by atoms with van der Waals surface area (Å²) in [6, 6.07) is 6.57. The number of benzene rings is 1. The minimum absolute atomic E-state index is 0.160. The van der Waals surface area contributed by atoms with Crippen molar-refractivity contribution >= 4 is 26.9 Å². The minimum Gasteiger partial charge on any atom is -0.335 e. The van der Waals surface area contributed by atoms with Gasteiger partial charge in [-0.1, -0.05) is 36.7 Å². The van der Waals surface area contributed by atoms with Gasteiger partial charge in [0.15, 0.2) is 5.82 Å². The summed E-state index contributed by atoms with van der Waals surface area (Å²) in [6.07, 6.45) is 1.19. The molecule has 25 heavy (non-hydrogen) atoms. The Labute approximate surface area is 145 Å². The number of aromatic nitrogens is 3. The van der Waals surface area contributed by atoms with Crippen LogP contribution in [0.15, 0.2) is 33.7 Å². The number of hydrogen-bond acceptors (Lipinski definition) is 7. The van der Waals surface area contributed by atoms with Crippen LogP contribution >= 0.6 is 0 Å². The molecular weight excluding hydrogens is 342 g/mol. The lowest BCUT2D eigenvalue weighted by Crippen LogP contribution is -2.30. The maximum absolute atomic E-state index is 12.4. The van der Waals surface area contributed by atoms with Crippen LogP contribution in [0, 0.1) is 6.92 Å². The molecule has 0 spiro atoms. The Kier molecular flexibility index (Phi) is 4.69. The van der Waals surface area contributed by atoms with E-state index in [1.54, 1.807) is 24.3 Å². The first-order chi connectivity index (χ1) is 11.9. The van der Waals surface area contributed by atoms with E-state index in [9.17, 15) is 8.42 Å². The Morgan fingerprint density at radius 2 is 1.80 bits per heavy atom. The molecule has 0 bridgehead atoms. The van der Waals surface area contributed by atoms with E-state index in [-0.39, 0.29) is 4.90 Å². The molecule has 0 aliphatic carbocycles. The number of sulfonamides is 1. The SMILES string of the molecule is CCc1nc(NNS(=O)(=O)c2ccc(C)cc2)c2c(CC)noc2n1. The van der Waals surface area contributed by atoms with Crippen LogP contribution in [0.4, 0.5) is 5.82 Å². The number of rotatable bonds is 6. The van der Waals surface area contributed by atoms with Crippen molar-refractivity contribution < 1.29 is 12.9 Å². The molecule has 9 heteroatoms. The zero-order valence-electron chi connectivity index (χ0n) is 14.2. The van der Waals surface area contributed by atoms with Crippen molar-refractivity contribution in [1.29, 1.82) is 0 Å². The zero-order chi connectivity index (χ0) is 18.0. The maximum Gasteiger partial charge on any atom is 0.263 e. The monoisotopic (exact) mass is 361 g/mol. The van der Waals surface area contributed by atoms with Gasteiger partial charge in [0.1, 0.15) is 11.2 Å². The molecule has 0 radical (unpaired) electrons. The minimum atomic E-state index is -3.74. The Morgan fingerprint density at radius 3 is 2.44 bits per heavy atom. The summed E-state index contributed by atoms with van der Waals surface area (Å²) in [7, 11) is -3.74. The number of hydrazine groups is 1. The van der Waals surface area contributed by atoms with Crippen LogP contribution in [-0.4, -0.2) is 23.5 Å². The average Bonchev–Trinajstić information content (AvgIpc) is 3.03. The van der Waals surface area contributed by atoms with Crippen molar-refractivity contribution in [3.8, 4) is 0 Å². The summed E-state index contributed by atoms with van der Waals surface area (Å²) in [5.74, 6) is 0.860. The van der Waals surface area contributed by atoms with Gasteiger partial charge in [-0.3, -0.25) is 5.43 Å². The van der Waals surface area contributed by atoms with Crippen molar-refractivity contribution in [2.75, 3.05) is 5.43 Å². The van der Waals surface area contributed by atoms with Crippen molar-refractivity contribution in [1.82, 2.24) is 20.0 Å². The molecule has 2 aromatic heterocycles.